The van der Waals surface area contributed by atoms with Gasteiger partial charge in [-0.3, -0.25) is 14.8 Å². The molecule has 162 valence electrons. The minimum Gasteiger partial charge on any atom is -0.258 e. The van der Waals surface area contributed by atoms with Crippen LogP contribution < -0.4 is 0 Å². The fourth-order valence-electron chi connectivity index (χ4n) is 4.55. The monoisotopic (exact) mass is 439 g/mol. The maximum absolute atomic E-state index is 11.1. The molecule has 0 aliphatic heterocycles. The molecule has 0 saturated carbocycles. The molecule has 4 aromatic rings. The molecule has 1 unspecified atom stereocenters. The number of hydrogen-bond acceptors (Lipinski definition) is 7. The van der Waals surface area contributed by atoms with E-state index in [9.17, 15) is 10.1 Å². The minimum absolute atomic E-state index is 0.00397. The number of nitrogens with zero attached hydrogens (tertiary/aromatic N) is 7. The highest BCUT2D eigenvalue weighted by Crippen LogP contribution is 2.44. The average Bonchev–Trinajstić information content (AvgIpc) is 3.41. The Kier molecular flexibility index (Phi) is 4.58. The third kappa shape index (κ3) is 3.29. The molecule has 1 aliphatic carbocycles. The van der Waals surface area contributed by atoms with Gasteiger partial charge < -0.3 is 0 Å². The van der Waals surface area contributed by atoms with Crippen molar-refractivity contribution in [2.24, 2.45) is 11.3 Å². The van der Waals surface area contributed by atoms with Crippen molar-refractivity contribution >= 4 is 32.9 Å². The zero-order valence-electron chi connectivity index (χ0n) is 18.1. The van der Waals surface area contributed by atoms with Crippen LogP contribution in [0.4, 0.5) is 5.69 Å². The zero-order valence-corrected chi connectivity index (χ0v) is 18.9. The van der Waals surface area contributed by atoms with Crippen molar-refractivity contribution in [3.63, 3.8) is 0 Å². The first kappa shape index (κ1) is 20.0. The van der Waals surface area contributed by atoms with Gasteiger partial charge in [-0.15, -0.1) is 16.4 Å². The SMILES string of the molecule is CCC(C)(C)C1CCc2c(sc3ncn4nc(Cn5cc([N+](=O)[O-])c(C)n5)nc4c23)C1. The largest absolute Gasteiger partial charge is 0.309 e. The van der Waals surface area contributed by atoms with Crippen LogP contribution in [0, 0.1) is 28.4 Å². The molecule has 10 heteroatoms. The molecule has 4 aromatic heterocycles. The zero-order chi connectivity index (χ0) is 21.9. The summed E-state index contributed by atoms with van der Waals surface area (Å²) in [7, 11) is 0. The number of thiophene rings is 1. The van der Waals surface area contributed by atoms with Gasteiger partial charge in [-0.2, -0.15) is 5.10 Å². The Morgan fingerprint density at radius 1 is 1.35 bits per heavy atom. The van der Waals surface area contributed by atoms with Gasteiger partial charge in [0, 0.05) is 4.88 Å². The van der Waals surface area contributed by atoms with Crippen LogP contribution in [0.5, 0.6) is 0 Å². The Labute approximate surface area is 183 Å². The van der Waals surface area contributed by atoms with E-state index in [0.717, 1.165) is 28.7 Å². The number of hydrogen-bond donors (Lipinski definition) is 0. The van der Waals surface area contributed by atoms with Crippen molar-refractivity contribution in [3.8, 4) is 0 Å². The van der Waals surface area contributed by atoms with Gasteiger partial charge in [-0.05, 0) is 43.1 Å². The van der Waals surface area contributed by atoms with Crippen LogP contribution in [0.2, 0.25) is 0 Å². The van der Waals surface area contributed by atoms with E-state index in [0.29, 0.717) is 22.9 Å². The summed E-state index contributed by atoms with van der Waals surface area (Å²) in [4.78, 5) is 22.5. The molecule has 0 fully saturated rings. The Morgan fingerprint density at radius 3 is 2.87 bits per heavy atom. The first-order valence-electron chi connectivity index (χ1n) is 10.6. The minimum atomic E-state index is -0.422. The van der Waals surface area contributed by atoms with Gasteiger partial charge >= 0.3 is 5.69 Å². The summed E-state index contributed by atoms with van der Waals surface area (Å²) in [5.41, 5.74) is 2.90. The normalized spacial score (nSPS) is 16.8. The van der Waals surface area contributed by atoms with Crippen LogP contribution in [-0.2, 0) is 19.4 Å². The Hall–Kier alpha value is -2.88. The summed E-state index contributed by atoms with van der Waals surface area (Å²) in [5.74, 6) is 1.24. The van der Waals surface area contributed by atoms with Crippen molar-refractivity contribution in [1.82, 2.24) is 29.4 Å². The lowest BCUT2D eigenvalue weighted by atomic mass is 9.70. The van der Waals surface area contributed by atoms with Gasteiger partial charge in [0.25, 0.3) is 0 Å². The lowest BCUT2D eigenvalue weighted by Crippen LogP contribution is -2.28. The summed E-state index contributed by atoms with van der Waals surface area (Å²) >= 11 is 1.78. The smallest absolute Gasteiger partial charge is 0.258 e. The van der Waals surface area contributed by atoms with Gasteiger partial charge in [-0.25, -0.2) is 14.5 Å². The van der Waals surface area contributed by atoms with E-state index < -0.39 is 4.92 Å². The second kappa shape index (κ2) is 7.08. The summed E-state index contributed by atoms with van der Waals surface area (Å²) in [6.45, 7) is 8.93. The third-order valence-electron chi connectivity index (χ3n) is 6.87. The van der Waals surface area contributed by atoms with Crippen LogP contribution in [0.25, 0.3) is 15.9 Å². The Morgan fingerprint density at radius 2 is 2.16 bits per heavy atom. The lowest BCUT2D eigenvalue weighted by Gasteiger charge is -2.36. The number of fused-ring (bicyclic) bond motifs is 5. The van der Waals surface area contributed by atoms with E-state index in [4.69, 9.17) is 4.98 Å². The molecule has 0 bridgehead atoms. The number of rotatable bonds is 5. The van der Waals surface area contributed by atoms with Crippen molar-refractivity contribution in [2.75, 3.05) is 0 Å². The van der Waals surface area contributed by atoms with E-state index in [1.807, 2.05) is 0 Å². The van der Waals surface area contributed by atoms with Crippen molar-refractivity contribution < 1.29 is 4.92 Å². The van der Waals surface area contributed by atoms with Crippen LogP contribution in [-0.4, -0.2) is 34.3 Å². The standard InChI is InChI=1S/C21H25N7O2S/c1-5-21(3,4)13-6-7-14-16(8-13)31-20-18(14)19-23-17(25-27(19)11-22-20)10-26-9-15(28(29)30)12(2)24-26/h9,11,13H,5-8,10H2,1-4H3. The number of nitro groups is 1. The van der Waals surface area contributed by atoms with E-state index in [1.165, 1.54) is 34.2 Å². The van der Waals surface area contributed by atoms with Crippen molar-refractivity contribution in [2.45, 2.75) is 59.9 Å². The summed E-state index contributed by atoms with van der Waals surface area (Å²) in [6.07, 6.45) is 7.63. The van der Waals surface area contributed by atoms with Crippen LogP contribution in [0.1, 0.15) is 55.6 Å². The quantitative estimate of drug-likeness (QED) is 0.338. The van der Waals surface area contributed by atoms with Crippen molar-refractivity contribution in [1.29, 1.82) is 0 Å². The maximum Gasteiger partial charge on any atom is 0.309 e. The highest BCUT2D eigenvalue weighted by atomic mass is 32.1. The molecule has 0 aromatic carbocycles. The van der Waals surface area contributed by atoms with E-state index in [1.54, 1.807) is 29.1 Å². The molecular weight excluding hydrogens is 414 g/mol. The van der Waals surface area contributed by atoms with Crippen LogP contribution in [0.3, 0.4) is 0 Å². The topological polar surface area (TPSA) is 104 Å². The second-order valence-electron chi connectivity index (χ2n) is 9.06. The first-order valence-corrected chi connectivity index (χ1v) is 11.4. The van der Waals surface area contributed by atoms with Gasteiger partial charge in [0.15, 0.2) is 11.5 Å². The predicted octanol–water partition coefficient (Wildman–Crippen LogP) is 4.34. The average molecular weight is 440 g/mol. The highest BCUT2D eigenvalue weighted by molar-refractivity contribution is 7.19. The fourth-order valence-corrected chi connectivity index (χ4v) is 5.82. The summed E-state index contributed by atoms with van der Waals surface area (Å²) in [5, 5.41) is 21.0. The third-order valence-corrected chi connectivity index (χ3v) is 8.03. The molecule has 4 heterocycles. The Bertz CT molecular complexity index is 1320. The highest BCUT2D eigenvalue weighted by Gasteiger charge is 2.33. The van der Waals surface area contributed by atoms with Gasteiger partial charge in [0.2, 0.25) is 0 Å². The Balaban J connectivity index is 1.52. The molecule has 0 N–H and O–H groups in total. The molecule has 1 aliphatic rings. The molecule has 31 heavy (non-hydrogen) atoms. The van der Waals surface area contributed by atoms with Crippen molar-refractivity contribution in [3.05, 3.63) is 44.6 Å². The van der Waals surface area contributed by atoms with Crippen LogP contribution >= 0.6 is 11.3 Å². The second-order valence-corrected chi connectivity index (χ2v) is 10.1. The molecule has 0 radical (unpaired) electrons. The van der Waals surface area contributed by atoms with E-state index in [2.05, 4.69) is 36.0 Å². The molecule has 0 spiro atoms. The van der Waals surface area contributed by atoms with Gasteiger partial charge in [-0.1, -0.05) is 27.2 Å². The number of aromatic nitrogens is 6. The fraction of sp³-hybridized carbons (Fsp3) is 0.524. The molecule has 0 saturated heterocycles. The molecule has 5 rings (SSSR count). The maximum atomic E-state index is 11.1. The molecular formula is C21H25N7O2S. The predicted molar refractivity (Wildman–Crippen MR) is 118 cm³/mol. The molecule has 9 nitrogen and oxygen atoms in total. The first-order chi connectivity index (χ1) is 14.8. The summed E-state index contributed by atoms with van der Waals surface area (Å²) in [6, 6.07) is 0. The molecule has 1 atom stereocenters. The number of aryl methyl sites for hydroxylation is 2. The van der Waals surface area contributed by atoms with E-state index >= 15 is 0 Å². The molecule has 0 amide bonds. The van der Waals surface area contributed by atoms with Gasteiger partial charge in [0.05, 0.1) is 10.3 Å². The van der Waals surface area contributed by atoms with Gasteiger partial charge in [0.1, 0.15) is 29.6 Å². The summed E-state index contributed by atoms with van der Waals surface area (Å²) < 4.78 is 3.24. The lowest BCUT2D eigenvalue weighted by molar-refractivity contribution is -0.385. The van der Waals surface area contributed by atoms with Crippen LogP contribution in [0.15, 0.2) is 12.5 Å². The van der Waals surface area contributed by atoms with E-state index in [-0.39, 0.29) is 12.2 Å².